The van der Waals surface area contributed by atoms with Gasteiger partial charge in [0, 0.05) is 18.7 Å². The van der Waals surface area contributed by atoms with Crippen molar-refractivity contribution in [3.8, 4) is 11.5 Å². The summed E-state index contributed by atoms with van der Waals surface area (Å²) in [4.78, 5) is 41.3. The number of imide groups is 1. The topological polar surface area (TPSA) is 87.2 Å². The Hall–Kier alpha value is -3.52. The molecular formula is C26H26N2O5S. The minimum atomic E-state index is -0.503. The summed E-state index contributed by atoms with van der Waals surface area (Å²) in [5, 5.41) is 9.91. The van der Waals surface area contributed by atoms with Gasteiger partial charge in [-0.15, -0.1) is 6.58 Å². The van der Waals surface area contributed by atoms with Crippen LogP contribution in [0.2, 0.25) is 0 Å². The van der Waals surface area contributed by atoms with E-state index in [1.165, 1.54) is 5.56 Å². The number of phenolic OH excluding ortho intramolecular Hbond substituents is 1. The van der Waals surface area contributed by atoms with E-state index < -0.39 is 11.1 Å². The summed E-state index contributed by atoms with van der Waals surface area (Å²) in [6.45, 7) is 6.62. The van der Waals surface area contributed by atoms with Crippen LogP contribution in [-0.2, 0) is 29.0 Å². The second-order valence-electron chi connectivity index (χ2n) is 8.05. The van der Waals surface area contributed by atoms with E-state index in [2.05, 4.69) is 12.6 Å². The van der Waals surface area contributed by atoms with Crippen LogP contribution in [0.5, 0.6) is 11.5 Å². The Balaban J connectivity index is 1.51. The third-order valence-electron chi connectivity index (χ3n) is 5.79. The average molecular weight is 479 g/mol. The molecule has 4 rings (SSSR count). The van der Waals surface area contributed by atoms with Gasteiger partial charge in [0.25, 0.3) is 11.1 Å². The molecule has 7 nitrogen and oxygen atoms in total. The molecule has 1 fully saturated rings. The number of carbonyl (C=O) groups is 3. The zero-order valence-electron chi connectivity index (χ0n) is 19.0. The van der Waals surface area contributed by atoms with Gasteiger partial charge in [-0.05, 0) is 66.4 Å². The van der Waals surface area contributed by atoms with Crippen molar-refractivity contribution in [2.24, 2.45) is 0 Å². The van der Waals surface area contributed by atoms with Crippen molar-refractivity contribution in [2.45, 2.75) is 26.3 Å². The highest BCUT2D eigenvalue weighted by Gasteiger charge is 2.37. The van der Waals surface area contributed by atoms with Gasteiger partial charge in [-0.3, -0.25) is 19.3 Å². The first kappa shape index (κ1) is 23.6. The van der Waals surface area contributed by atoms with Crippen LogP contribution in [0.4, 0.5) is 4.79 Å². The summed E-state index contributed by atoms with van der Waals surface area (Å²) in [5.41, 5.74) is 3.52. The molecule has 2 heterocycles. The maximum absolute atomic E-state index is 13.0. The number of hydrogen-bond donors (Lipinski definition) is 1. The van der Waals surface area contributed by atoms with E-state index in [-0.39, 0.29) is 23.1 Å². The number of hydrogen-bond acceptors (Lipinski definition) is 6. The number of fused-ring (bicyclic) bond motifs is 1. The van der Waals surface area contributed by atoms with Crippen LogP contribution in [0.1, 0.15) is 29.2 Å². The number of ether oxygens (including phenoxy) is 1. The summed E-state index contributed by atoms with van der Waals surface area (Å²) >= 11 is 0.801. The van der Waals surface area contributed by atoms with Crippen LogP contribution in [0.3, 0.4) is 0 Å². The molecule has 1 N–H and O–H groups in total. The first-order valence-electron chi connectivity index (χ1n) is 11.1. The quantitative estimate of drug-likeness (QED) is 0.475. The van der Waals surface area contributed by atoms with Crippen molar-refractivity contribution in [3.63, 3.8) is 0 Å². The zero-order valence-corrected chi connectivity index (χ0v) is 19.8. The summed E-state index contributed by atoms with van der Waals surface area (Å²) in [6.07, 6.45) is 4.41. The number of phenols is 1. The third kappa shape index (κ3) is 4.87. The van der Waals surface area contributed by atoms with Gasteiger partial charge in [0.15, 0.2) is 11.5 Å². The lowest BCUT2D eigenvalue weighted by atomic mass is 10.00. The molecule has 8 heteroatoms. The predicted molar refractivity (Wildman–Crippen MR) is 131 cm³/mol. The van der Waals surface area contributed by atoms with Crippen molar-refractivity contribution < 1.29 is 24.2 Å². The number of thioether (sulfide) groups is 1. The van der Waals surface area contributed by atoms with E-state index in [4.69, 9.17) is 4.74 Å². The summed E-state index contributed by atoms with van der Waals surface area (Å²) in [6, 6.07) is 11.3. The second-order valence-corrected chi connectivity index (χ2v) is 9.05. The van der Waals surface area contributed by atoms with E-state index in [1.54, 1.807) is 29.2 Å². The molecule has 2 aliphatic rings. The van der Waals surface area contributed by atoms with Gasteiger partial charge in [-0.25, -0.2) is 0 Å². The fraction of sp³-hybridized carbons (Fsp3) is 0.269. The molecule has 34 heavy (non-hydrogen) atoms. The van der Waals surface area contributed by atoms with E-state index in [0.29, 0.717) is 43.0 Å². The van der Waals surface area contributed by atoms with E-state index in [0.717, 1.165) is 28.6 Å². The molecule has 0 radical (unpaired) electrons. The lowest BCUT2D eigenvalue weighted by molar-refractivity contribution is -0.136. The minimum Gasteiger partial charge on any atom is -0.504 e. The molecule has 176 valence electrons. The Morgan fingerprint density at radius 1 is 1.24 bits per heavy atom. The van der Waals surface area contributed by atoms with Crippen LogP contribution in [0.25, 0.3) is 6.08 Å². The molecule has 0 aliphatic carbocycles. The van der Waals surface area contributed by atoms with Gasteiger partial charge in [0.2, 0.25) is 5.91 Å². The van der Waals surface area contributed by atoms with Crippen LogP contribution in [0, 0.1) is 0 Å². The van der Waals surface area contributed by atoms with Gasteiger partial charge in [0.05, 0.1) is 11.5 Å². The van der Waals surface area contributed by atoms with Crippen molar-refractivity contribution >= 4 is 34.9 Å². The number of rotatable bonds is 7. The molecule has 0 saturated carbocycles. The van der Waals surface area contributed by atoms with Crippen LogP contribution in [0.15, 0.2) is 54.0 Å². The van der Waals surface area contributed by atoms with Crippen molar-refractivity contribution in [2.75, 3.05) is 19.7 Å². The molecule has 0 bridgehead atoms. The van der Waals surface area contributed by atoms with Gasteiger partial charge in [-0.2, -0.15) is 0 Å². The number of benzene rings is 2. The maximum Gasteiger partial charge on any atom is 0.294 e. The van der Waals surface area contributed by atoms with Crippen molar-refractivity contribution in [1.82, 2.24) is 9.80 Å². The first-order chi connectivity index (χ1) is 16.4. The van der Waals surface area contributed by atoms with E-state index in [1.807, 2.05) is 25.1 Å². The fourth-order valence-electron chi connectivity index (χ4n) is 4.08. The average Bonchev–Trinajstić information content (AvgIpc) is 3.09. The Morgan fingerprint density at radius 3 is 2.74 bits per heavy atom. The molecule has 0 unspecified atom stereocenters. The largest absolute Gasteiger partial charge is 0.504 e. The number of nitrogens with zero attached hydrogens (tertiary/aromatic N) is 2. The lowest BCUT2D eigenvalue weighted by Crippen LogP contribution is -2.44. The van der Waals surface area contributed by atoms with Crippen LogP contribution in [-0.4, -0.2) is 51.7 Å². The number of carbonyl (C=O) groups excluding carboxylic acids is 3. The maximum atomic E-state index is 13.0. The molecule has 0 spiro atoms. The predicted octanol–water partition coefficient (Wildman–Crippen LogP) is 4.14. The molecular weight excluding hydrogens is 452 g/mol. The van der Waals surface area contributed by atoms with Crippen LogP contribution >= 0.6 is 11.8 Å². The van der Waals surface area contributed by atoms with Crippen LogP contribution < -0.4 is 4.74 Å². The standard InChI is InChI=1S/C26H26N2O5S/c1-3-7-19-12-17(13-21(24(19)30)33-4-2)14-22-25(31)28(26(32)34-22)16-23(29)27-11-10-18-8-5-6-9-20(18)15-27/h3,5-6,8-9,12-14,30H,1,4,7,10-11,15-16H2,2H3. The van der Waals surface area contributed by atoms with Gasteiger partial charge >= 0.3 is 0 Å². The molecule has 0 atom stereocenters. The first-order valence-corrected chi connectivity index (χ1v) is 11.9. The Morgan fingerprint density at radius 2 is 2.00 bits per heavy atom. The summed E-state index contributed by atoms with van der Waals surface area (Å²) in [5.74, 6) is -0.430. The number of amides is 3. The molecule has 2 aliphatic heterocycles. The van der Waals surface area contributed by atoms with Gasteiger partial charge in [0.1, 0.15) is 6.54 Å². The Kier molecular flexibility index (Phi) is 7.07. The normalized spacial score (nSPS) is 16.7. The lowest BCUT2D eigenvalue weighted by Gasteiger charge is -2.29. The third-order valence-corrected chi connectivity index (χ3v) is 6.70. The molecule has 3 amide bonds. The smallest absolute Gasteiger partial charge is 0.294 e. The zero-order chi connectivity index (χ0) is 24.2. The molecule has 0 aromatic heterocycles. The highest BCUT2D eigenvalue weighted by atomic mass is 32.2. The number of aromatic hydroxyl groups is 1. The van der Waals surface area contributed by atoms with Crippen molar-refractivity contribution in [3.05, 3.63) is 76.2 Å². The fourth-order valence-corrected chi connectivity index (χ4v) is 4.92. The SMILES string of the molecule is C=CCc1cc(C=C2SC(=O)N(CC(=O)N3CCc4ccccc4C3)C2=O)cc(OCC)c1O. The molecule has 2 aromatic rings. The summed E-state index contributed by atoms with van der Waals surface area (Å²) in [7, 11) is 0. The van der Waals surface area contributed by atoms with Gasteiger partial charge < -0.3 is 14.7 Å². The monoisotopic (exact) mass is 478 g/mol. The summed E-state index contributed by atoms with van der Waals surface area (Å²) < 4.78 is 5.51. The Bertz CT molecular complexity index is 1190. The highest BCUT2D eigenvalue weighted by Crippen LogP contribution is 2.36. The molecule has 1 saturated heterocycles. The van der Waals surface area contributed by atoms with E-state index in [9.17, 15) is 19.5 Å². The van der Waals surface area contributed by atoms with E-state index >= 15 is 0 Å². The van der Waals surface area contributed by atoms with Crippen molar-refractivity contribution in [1.29, 1.82) is 0 Å². The Labute approximate surface area is 202 Å². The second kappa shape index (κ2) is 10.2. The highest BCUT2D eigenvalue weighted by molar-refractivity contribution is 8.18. The number of allylic oxidation sites excluding steroid dienone is 1. The minimum absolute atomic E-state index is 0.0284. The molecule has 2 aromatic carbocycles. The van der Waals surface area contributed by atoms with Gasteiger partial charge in [-0.1, -0.05) is 30.3 Å².